The summed E-state index contributed by atoms with van der Waals surface area (Å²) in [6.07, 6.45) is 1.15. The van der Waals surface area contributed by atoms with E-state index >= 15 is 0 Å². The Morgan fingerprint density at radius 2 is 1.65 bits per heavy atom. The zero-order valence-corrected chi connectivity index (χ0v) is 17.9. The number of nitrogens with zero attached hydrogens (tertiary/aromatic N) is 2. The molecule has 3 aromatic carbocycles. The van der Waals surface area contributed by atoms with E-state index in [9.17, 15) is 21.1 Å². The minimum atomic E-state index is -5.17. The van der Waals surface area contributed by atoms with Crippen molar-refractivity contribution in [2.24, 2.45) is 0 Å². The molecule has 0 aliphatic carbocycles. The maximum atomic E-state index is 14.7. The minimum Gasteiger partial charge on any atom is -0.428 e. The molecule has 1 aromatic heterocycles. The highest BCUT2D eigenvalue weighted by Gasteiger charge is 2.16. The lowest BCUT2D eigenvalue weighted by Gasteiger charge is -2.08. The molecule has 0 saturated heterocycles. The summed E-state index contributed by atoms with van der Waals surface area (Å²) in [5.74, 6) is -1.70. The third kappa shape index (κ3) is 5.54. The first-order valence-electron chi connectivity index (χ1n) is 9.64. The number of halogens is 3. The number of hydrogen-bond acceptors (Lipinski definition) is 7. The van der Waals surface area contributed by atoms with E-state index in [2.05, 4.69) is 14.5 Å². The van der Waals surface area contributed by atoms with Crippen LogP contribution in [0.2, 0.25) is 0 Å². The standard InChI is InChI=1S/C23H14F3N3O4S/c24-21-9-16(15-3-7-18(8-4-15)33-34(26,30)31)10-22(25)20(21)11-19-13-28-23(32-19)29-17-5-1-14(12-27)2-6-17/h1-10,13H,11H2,(H,28,29). The van der Waals surface area contributed by atoms with Crippen LogP contribution in [0.1, 0.15) is 16.9 Å². The summed E-state index contributed by atoms with van der Waals surface area (Å²) in [6.45, 7) is 0. The molecule has 0 fully saturated rings. The fourth-order valence-electron chi connectivity index (χ4n) is 3.13. The summed E-state index contributed by atoms with van der Waals surface area (Å²) in [4.78, 5) is 4.04. The van der Waals surface area contributed by atoms with Crippen LogP contribution in [0.15, 0.2) is 71.3 Å². The van der Waals surface area contributed by atoms with Crippen molar-refractivity contribution in [1.29, 1.82) is 5.26 Å². The predicted octanol–water partition coefficient (Wildman–Crippen LogP) is 5.42. The van der Waals surface area contributed by atoms with Crippen molar-refractivity contribution in [1.82, 2.24) is 4.98 Å². The number of nitriles is 1. The molecule has 4 rings (SSSR count). The lowest BCUT2D eigenvalue weighted by Crippen LogP contribution is -2.01. The van der Waals surface area contributed by atoms with Gasteiger partial charge in [-0.15, -0.1) is 0 Å². The molecule has 11 heteroatoms. The Morgan fingerprint density at radius 3 is 2.24 bits per heavy atom. The highest BCUT2D eigenvalue weighted by Crippen LogP contribution is 2.28. The molecular weight excluding hydrogens is 471 g/mol. The number of oxazole rings is 1. The Labute approximate surface area is 192 Å². The van der Waals surface area contributed by atoms with Crippen molar-refractivity contribution >= 4 is 22.2 Å². The van der Waals surface area contributed by atoms with Gasteiger partial charge in [-0.25, -0.2) is 13.8 Å². The molecule has 4 aromatic rings. The van der Waals surface area contributed by atoms with E-state index in [1.54, 1.807) is 24.3 Å². The van der Waals surface area contributed by atoms with Gasteiger partial charge in [-0.3, -0.25) is 0 Å². The molecule has 0 aliphatic heterocycles. The largest absolute Gasteiger partial charge is 0.488 e. The van der Waals surface area contributed by atoms with E-state index in [4.69, 9.17) is 9.68 Å². The normalized spacial score (nSPS) is 11.1. The lowest BCUT2D eigenvalue weighted by atomic mass is 10.0. The SMILES string of the molecule is N#Cc1ccc(Nc2ncc(Cc3c(F)cc(-c4ccc(OS(=O)(=O)F)cc4)cc3F)o2)cc1. The molecule has 1 N–H and O–H groups in total. The smallest absolute Gasteiger partial charge is 0.428 e. The van der Waals surface area contributed by atoms with Gasteiger partial charge in [-0.2, -0.15) is 13.7 Å². The molecule has 172 valence electrons. The van der Waals surface area contributed by atoms with Crippen LogP contribution in [0.4, 0.5) is 24.4 Å². The number of anilines is 2. The second-order valence-electron chi connectivity index (χ2n) is 7.04. The Morgan fingerprint density at radius 1 is 1.00 bits per heavy atom. The van der Waals surface area contributed by atoms with Crippen molar-refractivity contribution in [3.63, 3.8) is 0 Å². The molecule has 0 radical (unpaired) electrons. The summed E-state index contributed by atoms with van der Waals surface area (Å²) in [5.41, 5.74) is 1.43. The number of aromatic nitrogens is 1. The quantitative estimate of drug-likeness (QED) is 0.349. The monoisotopic (exact) mass is 485 g/mol. The second kappa shape index (κ2) is 9.29. The fraction of sp³-hybridized carbons (Fsp3) is 0.0435. The van der Waals surface area contributed by atoms with Crippen LogP contribution < -0.4 is 9.50 Å². The van der Waals surface area contributed by atoms with Gasteiger partial charge in [0, 0.05) is 17.7 Å². The Balaban J connectivity index is 1.49. The van der Waals surface area contributed by atoms with Gasteiger partial charge >= 0.3 is 10.5 Å². The molecular formula is C23H14F3N3O4S. The summed E-state index contributed by atoms with van der Waals surface area (Å²) >= 11 is 0. The van der Waals surface area contributed by atoms with Gasteiger partial charge in [0.2, 0.25) is 0 Å². The summed E-state index contributed by atoms with van der Waals surface area (Å²) < 4.78 is 72.7. The highest BCUT2D eigenvalue weighted by molar-refractivity contribution is 7.81. The molecule has 0 spiro atoms. The Kier molecular flexibility index (Phi) is 6.25. The van der Waals surface area contributed by atoms with Crippen molar-refractivity contribution in [2.75, 3.05) is 5.32 Å². The highest BCUT2D eigenvalue weighted by atomic mass is 32.3. The molecule has 34 heavy (non-hydrogen) atoms. The molecule has 7 nitrogen and oxygen atoms in total. The Bertz CT molecular complexity index is 1460. The molecule has 0 unspecified atom stereocenters. The second-order valence-corrected chi connectivity index (χ2v) is 7.99. The predicted molar refractivity (Wildman–Crippen MR) is 116 cm³/mol. The first-order valence-corrected chi connectivity index (χ1v) is 11.0. The topological polar surface area (TPSA) is 105 Å². The van der Waals surface area contributed by atoms with Crippen molar-refractivity contribution in [2.45, 2.75) is 6.42 Å². The summed E-state index contributed by atoms with van der Waals surface area (Å²) in [6, 6.07) is 15.9. The van der Waals surface area contributed by atoms with Gasteiger partial charge in [-0.1, -0.05) is 16.0 Å². The maximum Gasteiger partial charge on any atom is 0.488 e. The summed E-state index contributed by atoms with van der Waals surface area (Å²) in [5, 5.41) is 11.7. The first-order chi connectivity index (χ1) is 16.2. The van der Waals surface area contributed by atoms with E-state index in [0.717, 1.165) is 24.3 Å². The van der Waals surface area contributed by atoms with Gasteiger partial charge in [0.05, 0.1) is 17.8 Å². The third-order valence-electron chi connectivity index (χ3n) is 4.69. The van der Waals surface area contributed by atoms with E-state index in [-0.39, 0.29) is 35.1 Å². The maximum absolute atomic E-state index is 14.7. The van der Waals surface area contributed by atoms with Crippen molar-refractivity contribution in [3.8, 4) is 22.9 Å². The summed E-state index contributed by atoms with van der Waals surface area (Å²) in [7, 11) is -5.17. The van der Waals surface area contributed by atoms with Crippen LogP contribution in [-0.4, -0.2) is 13.4 Å². The van der Waals surface area contributed by atoms with E-state index in [1.165, 1.54) is 18.3 Å². The van der Waals surface area contributed by atoms with E-state index in [1.807, 2.05) is 6.07 Å². The number of hydrogen-bond donors (Lipinski definition) is 1. The van der Waals surface area contributed by atoms with Crippen LogP contribution in [0.25, 0.3) is 11.1 Å². The van der Waals surface area contributed by atoms with Gasteiger partial charge in [0.25, 0.3) is 6.01 Å². The van der Waals surface area contributed by atoms with Crippen LogP contribution in [0.3, 0.4) is 0 Å². The van der Waals surface area contributed by atoms with Gasteiger partial charge < -0.3 is 13.9 Å². The number of rotatable bonds is 7. The fourth-order valence-corrected chi connectivity index (χ4v) is 3.47. The lowest BCUT2D eigenvalue weighted by molar-refractivity contribution is 0.440. The molecule has 0 amide bonds. The minimum absolute atomic E-state index is 0.120. The number of benzene rings is 3. The van der Waals surface area contributed by atoms with Crippen LogP contribution >= 0.6 is 0 Å². The van der Waals surface area contributed by atoms with Gasteiger partial charge in [0.15, 0.2) is 0 Å². The van der Waals surface area contributed by atoms with Gasteiger partial charge in [-0.05, 0) is 59.7 Å². The first kappa shape index (κ1) is 22.9. The molecule has 0 atom stereocenters. The number of nitrogens with one attached hydrogen (secondary N) is 1. The molecule has 1 heterocycles. The van der Waals surface area contributed by atoms with E-state index in [0.29, 0.717) is 16.8 Å². The average Bonchev–Trinajstić information content (AvgIpc) is 3.23. The van der Waals surface area contributed by atoms with E-state index < -0.39 is 22.1 Å². The average molecular weight is 485 g/mol. The third-order valence-corrected chi connectivity index (χ3v) is 5.09. The van der Waals surface area contributed by atoms with Crippen LogP contribution in [0.5, 0.6) is 5.75 Å². The van der Waals surface area contributed by atoms with Crippen LogP contribution in [-0.2, 0) is 16.9 Å². The zero-order valence-electron chi connectivity index (χ0n) is 17.1. The Hall–Kier alpha value is -4.30. The molecule has 0 saturated carbocycles. The van der Waals surface area contributed by atoms with Crippen LogP contribution in [0, 0.1) is 23.0 Å². The molecule has 0 bridgehead atoms. The molecule has 0 aliphatic rings. The van der Waals surface area contributed by atoms with Crippen molar-refractivity contribution in [3.05, 3.63) is 95.4 Å². The van der Waals surface area contributed by atoms with Gasteiger partial charge in [0.1, 0.15) is 23.1 Å². The van der Waals surface area contributed by atoms with Crippen molar-refractivity contribution < 1.29 is 29.7 Å². The zero-order chi connectivity index (χ0) is 24.3.